The number of Topliss-reactive ketones (excluding diaryl/α,β-unsaturated/α-hetero) is 1. The van der Waals surface area contributed by atoms with Gasteiger partial charge in [-0.3, -0.25) is 14.4 Å². The number of amides is 2. The van der Waals surface area contributed by atoms with Gasteiger partial charge < -0.3 is 4.74 Å². The summed E-state index contributed by atoms with van der Waals surface area (Å²) in [6, 6.07) is 19.6. The van der Waals surface area contributed by atoms with E-state index in [1.165, 1.54) is 31.2 Å². The average Bonchev–Trinajstić information content (AvgIpc) is 3.04. The van der Waals surface area contributed by atoms with Crippen molar-refractivity contribution in [1.82, 2.24) is 0 Å². The molecule has 0 N–H and O–H groups in total. The number of ketones is 1. The summed E-state index contributed by atoms with van der Waals surface area (Å²) in [6.07, 6.45) is -0.953. The summed E-state index contributed by atoms with van der Waals surface area (Å²) in [5.41, 5.74) is 2.75. The molecule has 1 aliphatic heterocycles. The standard InChI is InChI=1S/C25H19NO5/c1-15-7-9-17(10-8-15)22(27)16(2)31-25(30)18-11-13-19(14-12-18)26-23(28)20-5-3-4-6-21(20)24(26)29/h3-14,16H,1-2H3/t16-/m1/s1. The molecule has 0 fully saturated rings. The van der Waals surface area contributed by atoms with Crippen molar-refractivity contribution in [2.75, 3.05) is 4.90 Å². The molecular weight excluding hydrogens is 394 g/mol. The first kappa shape index (κ1) is 20.2. The highest BCUT2D eigenvalue weighted by Crippen LogP contribution is 2.28. The van der Waals surface area contributed by atoms with Crippen molar-refractivity contribution < 1.29 is 23.9 Å². The van der Waals surface area contributed by atoms with E-state index in [9.17, 15) is 19.2 Å². The summed E-state index contributed by atoms with van der Waals surface area (Å²) in [7, 11) is 0. The molecule has 154 valence electrons. The van der Waals surface area contributed by atoms with Gasteiger partial charge in [0, 0.05) is 5.56 Å². The molecule has 6 nitrogen and oxygen atoms in total. The topological polar surface area (TPSA) is 80.8 Å². The third-order valence-electron chi connectivity index (χ3n) is 5.14. The second-order valence-corrected chi connectivity index (χ2v) is 7.32. The quantitative estimate of drug-likeness (QED) is 0.355. The van der Waals surface area contributed by atoms with Crippen LogP contribution in [0.25, 0.3) is 0 Å². The summed E-state index contributed by atoms with van der Waals surface area (Å²) >= 11 is 0. The van der Waals surface area contributed by atoms with Crippen molar-refractivity contribution in [2.45, 2.75) is 20.0 Å². The van der Waals surface area contributed by atoms with Crippen LogP contribution in [0.1, 0.15) is 53.9 Å². The minimum Gasteiger partial charge on any atom is -0.451 e. The molecule has 1 atom stereocenters. The van der Waals surface area contributed by atoms with Gasteiger partial charge in [-0.05, 0) is 50.2 Å². The first-order valence-electron chi connectivity index (χ1n) is 9.76. The molecule has 2 amide bonds. The third-order valence-corrected chi connectivity index (χ3v) is 5.14. The van der Waals surface area contributed by atoms with Crippen LogP contribution in [0.3, 0.4) is 0 Å². The predicted octanol–water partition coefficient (Wildman–Crippen LogP) is 4.22. The van der Waals surface area contributed by atoms with Crippen molar-refractivity contribution >= 4 is 29.3 Å². The van der Waals surface area contributed by atoms with Crippen molar-refractivity contribution in [2.24, 2.45) is 0 Å². The van der Waals surface area contributed by atoms with Gasteiger partial charge in [0.05, 0.1) is 22.4 Å². The number of carbonyl (C=O) groups excluding carboxylic acids is 4. The van der Waals surface area contributed by atoms with Crippen LogP contribution in [0.5, 0.6) is 0 Å². The molecule has 0 aliphatic carbocycles. The molecule has 6 heteroatoms. The maximum absolute atomic E-state index is 12.6. The molecule has 3 aromatic rings. The zero-order valence-corrected chi connectivity index (χ0v) is 17.0. The highest BCUT2D eigenvalue weighted by atomic mass is 16.5. The van der Waals surface area contributed by atoms with Crippen LogP contribution in [0.4, 0.5) is 5.69 Å². The molecule has 31 heavy (non-hydrogen) atoms. The van der Waals surface area contributed by atoms with Gasteiger partial charge in [-0.1, -0.05) is 42.0 Å². The van der Waals surface area contributed by atoms with E-state index in [4.69, 9.17) is 4.74 Å². The van der Waals surface area contributed by atoms with E-state index in [0.29, 0.717) is 22.4 Å². The molecule has 0 spiro atoms. The van der Waals surface area contributed by atoms with Gasteiger partial charge >= 0.3 is 5.97 Å². The molecule has 3 aromatic carbocycles. The number of esters is 1. The van der Waals surface area contributed by atoms with Crippen molar-refractivity contribution in [3.8, 4) is 0 Å². The largest absolute Gasteiger partial charge is 0.451 e. The summed E-state index contributed by atoms with van der Waals surface area (Å²) in [4.78, 5) is 51.2. The Balaban J connectivity index is 1.46. The van der Waals surface area contributed by atoms with Crippen LogP contribution in [0.15, 0.2) is 72.8 Å². The molecule has 1 aliphatic rings. The molecular formula is C25H19NO5. The van der Waals surface area contributed by atoms with E-state index in [2.05, 4.69) is 0 Å². The Morgan fingerprint density at radius 2 is 1.29 bits per heavy atom. The van der Waals surface area contributed by atoms with Crippen molar-refractivity contribution in [3.63, 3.8) is 0 Å². The Labute approximate surface area is 179 Å². The Hall–Kier alpha value is -4.06. The lowest BCUT2D eigenvalue weighted by molar-refractivity contribution is 0.0319. The fraction of sp³-hybridized carbons (Fsp3) is 0.120. The first-order chi connectivity index (χ1) is 14.9. The first-order valence-corrected chi connectivity index (χ1v) is 9.76. The molecule has 0 saturated heterocycles. The number of benzene rings is 3. The van der Waals surface area contributed by atoms with E-state index in [-0.39, 0.29) is 11.3 Å². The Kier molecular flexibility index (Phi) is 5.21. The van der Waals surface area contributed by atoms with Gasteiger partial charge in [0.1, 0.15) is 0 Å². The second-order valence-electron chi connectivity index (χ2n) is 7.32. The number of hydrogen-bond acceptors (Lipinski definition) is 5. The number of nitrogens with zero attached hydrogens (tertiary/aromatic N) is 1. The van der Waals surface area contributed by atoms with E-state index >= 15 is 0 Å². The summed E-state index contributed by atoms with van der Waals surface area (Å²) < 4.78 is 5.31. The Morgan fingerprint density at radius 1 is 0.774 bits per heavy atom. The number of imide groups is 1. The maximum atomic E-state index is 12.6. The normalized spacial score (nSPS) is 13.7. The molecule has 0 saturated carbocycles. The number of anilines is 1. The lowest BCUT2D eigenvalue weighted by Gasteiger charge is -2.15. The minimum atomic E-state index is -0.953. The van der Waals surface area contributed by atoms with Crippen molar-refractivity contribution in [1.29, 1.82) is 0 Å². The fourth-order valence-corrected chi connectivity index (χ4v) is 3.40. The number of fused-ring (bicyclic) bond motifs is 1. The molecule has 0 unspecified atom stereocenters. The zero-order chi connectivity index (χ0) is 22.1. The van der Waals surface area contributed by atoms with Crippen LogP contribution >= 0.6 is 0 Å². The van der Waals surface area contributed by atoms with Gasteiger partial charge in [-0.15, -0.1) is 0 Å². The highest BCUT2D eigenvalue weighted by molar-refractivity contribution is 6.34. The number of ether oxygens (including phenoxy) is 1. The summed E-state index contributed by atoms with van der Waals surface area (Å²) in [5, 5.41) is 0. The molecule has 0 bridgehead atoms. The van der Waals surface area contributed by atoms with Crippen LogP contribution in [0.2, 0.25) is 0 Å². The lowest BCUT2D eigenvalue weighted by Crippen LogP contribution is -2.29. The second kappa shape index (κ2) is 7.99. The molecule has 1 heterocycles. The smallest absolute Gasteiger partial charge is 0.338 e. The van der Waals surface area contributed by atoms with Gasteiger partial charge in [-0.25, -0.2) is 9.69 Å². The van der Waals surface area contributed by atoms with E-state index in [0.717, 1.165) is 10.5 Å². The minimum absolute atomic E-state index is 0.212. The van der Waals surface area contributed by atoms with E-state index in [1.807, 2.05) is 19.1 Å². The van der Waals surface area contributed by atoms with Crippen LogP contribution in [0, 0.1) is 6.92 Å². The lowest BCUT2D eigenvalue weighted by atomic mass is 10.1. The predicted molar refractivity (Wildman–Crippen MR) is 114 cm³/mol. The number of aryl methyl sites for hydroxylation is 1. The van der Waals surface area contributed by atoms with Gasteiger partial charge in [0.25, 0.3) is 11.8 Å². The van der Waals surface area contributed by atoms with E-state index < -0.39 is 23.9 Å². The van der Waals surface area contributed by atoms with Crippen LogP contribution < -0.4 is 4.90 Å². The number of hydrogen-bond donors (Lipinski definition) is 0. The Bertz CT molecular complexity index is 1160. The third kappa shape index (κ3) is 3.75. The monoisotopic (exact) mass is 413 g/mol. The molecule has 0 radical (unpaired) electrons. The number of carbonyl (C=O) groups is 4. The fourth-order valence-electron chi connectivity index (χ4n) is 3.40. The summed E-state index contributed by atoms with van der Waals surface area (Å²) in [6.45, 7) is 3.44. The Morgan fingerprint density at radius 3 is 1.84 bits per heavy atom. The van der Waals surface area contributed by atoms with Crippen LogP contribution in [-0.4, -0.2) is 29.7 Å². The molecule has 4 rings (SSSR count). The van der Waals surface area contributed by atoms with Gasteiger partial charge in [0.2, 0.25) is 5.78 Å². The van der Waals surface area contributed by atoms with E-state index in [1.54, 1.807) is 36.4 Å². The van der Waals surface area contributed by atoms with Gasteiger partial charge in [-0.2, -0.15) is 0 Å². The highest BCUT2D eigenvalue weighted by Gasteiger charge is 2.36. The SMILES string of the molecule is Cc1ccc(C(=O)[C@@H](C)OC(=O)c2ccc(N3C(=O)c4ccccc4C3=O)cc2)cc1. The summed E-state index contributed by atoms with van der Waals surface area (Å²) in [5.74, 6) is -1.78. The average molecular weight is 413 g/mol. The maximum Gasteiger partial charge on any atom is 0.338 e. The zero-order valence-electron chi connectivity index (χ0n) is 17.0. The van der Waals surface area contributed by atoms with Gasteiger partial charge in [0.15, 0.2) is 6.10 Å². The number of rotatable bonds is 5. The van der Waals surface area contributed by atoms with Crippen molar-refractivity contribution in [3.05, 3.63) is 101 Å². The van der Waals surface area contributed by atoms with Crippen LogP contribution in [-0.2, 0) is 4.74 Å². The molecule has 0 aromatic heterocycles.